The third-order valence-electron chi connectivity index (χ3n) is 0. The summed E-state index contributed by atoms with van der Waals surface area (Å²) in [6, 6.07) is 0. The Morgan fingerprint density at radius 2 is 1.00 bits per heavy atom. The molecule has 0 atom stereocenters. The Bertz CT molecular complexity index is 13.5. The zero-order chi connectivity index (χ0) is 5.58. The van der Waals surface area contributed by atoms with Gasteiger partial charge in [-0.1, -0.05) is 0 Å². The first kappa shape index (κ1) is 9.30. The standard InChI is InChI=1S/C3H9N.H2O2/c1-4(2)3;1-2/h1-3H3;1-2H. The Morgan fingerprint density at radius 1 is 1.00 bits per heavy atom. The highest BCUT2D eigenvalue weighted by Crippen LogP contribution is 1.47. The molecule has 0 aromatic heterocycles. The molecule has 3 heteroatoms. The van der Waals surface area contributed by atoms with Crippen molar-refractivity contribution in [3.63, 3.8) is 0 Å². The summed E-state index contributed by atoms with van der Waals surface area (Å²) in [7, 11) is 6.00. The van der Waals surface area contributed by atoms with E-state index in [0.717, 1.165) is 0 Å². The summed E-state index contributed by atoms with van der Waals surface area (Å²) in [5.41, 5.74) is 0. The molecule has 0 spiro atoms. The SMILES string of the molecule is CN(C)C.OO. The summed E-state index contributed by atoms with van der Waals surface area (Å²) in [6.45, 7) is 0. The van der Waals surface area contributed by atoms with Crippen LogP contribution in [0.2, 0.25) is 0 Å². The minimum absolute atomic E-state index is 2.00. The summed E-state index contributed by atoms with van der Waals surface area (Å²) >= 11 is 0. The van der Waals surface area contributed by atoms with Gasteiger partial charge in [0.1, 0.15) is 0 Å². The molecule has 6 heavy (non-hydrogen) atoms. The molecule has 0 rings (SSSR count). The largest absolute Gasteiger partial charge is 0.312 e. The van der Waals surface area contributed by atoms with Crippen molar-refractivity contribution in [2.24, 2.45) is 0 Å². The lowest BCUT2D eigenvalue weighted by Gasteiger charge is -1.90. The molecule has 0 aromatic rings. The summed E-state index contributed by atoms with van der Waals surface area (Å²) < 4.78 is 0. The molecule has 0 fully saturated rings. The first-order valence-corrected chi connectivity index (χ1v) is 1.54. The minimum Gasteiger partial charge on any atom is -0.312 e. The van der Waals surface area contributed by atoms with E-state index in [9.17, 15) is 0 Å². The Hall–Kier alpha value is -0.120. The van der Waals surface area contributed by atoms with Crippen LogP contribution in [0.4, 0.5) is 0 Å². The molecular formula is C3H11NO2. The Balaban J connectivity index is 0. The Morgan fingerprint density at radius 3 is 1.00 bits per heavy atom. The van der Waals surface area contributed by atoms with Crippen LogP contribution < -0.4 is 0 Å². The van der Waals surface area contributed by atoms with Crippen molar-refractivity contribution < 1.29 is 10.5 Å². The van der Waals surface area contributed by atoms with Gasteiger partial charge in [0.2, 0.25) is 0 Å². The van der Waals surface area contributed by atoms with Crippen molar-refractivity contribution in [3.8, 4) is 0 Å². The zero-order valence-electron chi connectivity index (χ0n) is 4.34. The smallest absolute Gasteiger partial charge is 0.0140 e. The molecule has 0 aliphatic rings. The quantitative estimate of drug-likeness (QED) is 0.332. The number of hydrogen-bond acceptors (Lipinski definition) is 3. The van der Waals surface area contributed by atoms with Gasteiger partial charge in [0.05, 0.1) is 0 Å². The van der Waals surface area contributed by atoms with Crippen molar-refractivity contribution >= 4 is 0 Å². The van der Waals surface area contributed by atoms with E-state index in [1.165, 1.54) is 0 Å². The van der Waals surface area contributed by atoms with Crippen molar-refractivity contribution in [1.29, 1.82) is 0 Å². The maximum absolute atomic E-state index is 6.00. The molecule has 0 saturated carbocycles. The highest BCUT2D eigenvalue weighted by Gasteiger charge is 1.58. The van der Waals surface area contributed by atoms with E-state index in [2.05, 4.69) is 0 Å². The Labute approximate surface area is 37.8 Å². The second kappa shape index (κ2) is 8.86. The molecule has 0 bridgehead atoms. The summed E-state index contributed by atoms with van der Waals surface area (Å²) in [5, 5.41) is 12.0. The molecule has 3 nitrogen and oxygen atoms in total. The van der Waals surface area contributed by atoms with Gasteiger partial charge in [0.25, 0.3) is 0 Å². The fraction of sp³-hybridized carbons (Fsp3) is 1.00. The number of rotatable bonds is 0. The molecule has 0 aromatic carbocycles. The van der Waals surface area contributed by atoms with Crippen LogP contribution in [0.5, 0.6) is 0 Å². The highest BCUT2D eigenvalue weighted by molar-refractivity contribution is 4.09. The second-order valence-electron chi connectivity index (χ2n) is 1.34. The minimum atomic E-state index is 2.00. The van der Waals surface area contributed by atoms with E-state index in [-0.39, 0.29) is 0 Å². The first-order chi connectivity index (χ1) is 2.73. The van der Waals surface area contributed by atoms with Gasteiger partial charge in [-0.3, -0.25) is 10.5 Å². The average Bonchev–Trinajstić information content (AvgIpc) is 1.41. The lowest BCUT2D eigenvalue weighted by Crippen LogP contribution is -1.99. The molecule has 0 aliphatic heterocycles. The average molecular weight is 93.1 g/mol. The molecule has 2 N–H and O–H groups in total. The second-order valence-corrected chi connectivity index (χ2v) is 1.34. The van der Waals surface area contributed by atoms with Gasteiger partial charge in [-0.15, -0.1) is 0 Å². The molecule has 0 radical (unpaired) electrons. The van der Waals surface area contributed by atoms with E-state index >= 15 is 0 Å². The predicted octanol–water partition coefficient (Wildman–Crippen LogP) is 0.195. The predicted molar refractivity (Wildman–Crippen MR) is 24.9 cm³/mol. The van der Waals surface area contributed by atoms with Crippen LogP contribution >= 0.6 is 0 Å². The van der Waals surface area contributed by atoms with Gasteiger partial charge >= 0.3 is 0 Å². The van der Waals surface area contributed by atoms with E-state index in [1.54, 1.807) is 0 Å². The molecule has 0 heterocycles. The molecule has 0 saturated heterocycles. The van der Waals surface area contributed by atoms with E-state index in [0.29, 0.717) is 0 Å². The van der Waals surface area contributed by atoms with E-state index in [4.69, 9.17) is 10.5 Å². The maximum atomic E-state index is 6.00. The third-order valence-corrected chi connectivity index (χ3v) is 0. The van der Waals surface area contributed by atoms with Crippen LogP contribution in [0.15, 0.2) is 0 Å². The number of nitrogens with zero attached hydrogens (tertiary/aromatic N) is 1. The van der Waals surface area contributed by atoms with Gasteiger partial charge < -0.3 is 4.90 Å². The molecule has 0 unspecified atom stereocenters. The van der Waals surface area contributed by atoms with Gasteiger partial charge in [-0.25, -0.2) is 0 Å². The first-order valence-electron chi connectivity index (χ1n) is 1.54. The topological polar surface area (TPSA) is 43.7 Å². The van der Waals surface area contributed by atoms with Crippen LogP contribution in [0.3, 0.4) is 0 Å². The molecule has 0 aliphatic carbocycles. The van der Waals surface area contributed by atoms with E-state index in [1.807, 2.05) is 26.0 Å². The van der Waals surface area contributed by atoms with Crippen molar-refractivity contribution in [2.45, 2.75) is 0 Å². The van der Waals surface area contributed by atoms with Crippen LogP contribution in [-0.2, 0) is 0 Å². The van der Waals surface area contributed by atoms with Gasteiger partial charge in [-0.05, 0) is 21.1 Å². The highest BCUT2D eigenvalue weighted by atomic mass is 17.0. The van der Waals surface area contributed by atoms with Crippen molar-refractivity contribution in [1.82, 2.24) is 4.90 Å². The van der Waals surface area contributed by atoms with Gasteiger partial charge in [-0.2, -0.15) is 0 Å². The van der Waals surface area contributed by atoms with Crippen LogP contribution in [0.25, 0.3) is 0 Å². The van der Waals surface area contributed by atoms with Crippen LogP contribution in [0, 0.1) is 0 Å². The van der Waals surface area contributed by atoms with Crippen LogP contribution in [0.1, 0.15) is 0 Å². The maximum Gasteiger partial charge on any atom is -0.0140 e. The zero-order valence-corrected chi connectivity index (χ0v) is 4.34. The normalized spacial score (nSPS) is 7.00. The molecule has 0 amide bonds. The summed E-state index contributed by atoms with van der Waals surface area (Å²) in [5.74, 6) is 0. The lowest BCUT2D eigenvalue weighted by atomic mass is 11.0. The van der Waals surface area contributed by atoms with Crippen molar-refractivity contribution in [2.75, 3.05) is 21.1 Å². The van der Waals surface area contributed by atoms with E-state index < -0.39 is 0 Å². The lowest BCUT2D eigenvalue weighted by molar-refractivity contribution is -0.176. The molecular weight excluding hydrogens is 82.0 g/mol. The third kappa shape index (κ3) is 2230. The summed E-state index contributed by atoms with van der Waals surface area (Å²) in [6.07, 6.45) is 0. The summed E-state index contributed by atoms with van der Waals surface area (Å²) in [4.78, 5) is 2.00. The fourth-order valence-corrected chi connectivity index (χ4v) is 0. The van der Waals surface area contributed by atoms with Crippen LogP contribution in [-0.4, -0.2) is 36.6 Å². The Kier molecular flexibility index (Phi) is 13.7. The van der Waals surface area contributed by atoms with Gasteiger partial charge in [0, 0.05) is 0 Å². The fourth-order valence-electron chi connectivity index (χ4n) is 0. The van der Waals surface area contributed by atoms with Gasteiger partial charge in [0.15, 0.2) is 0 Å². The molecule has 40 valence electrons. The van der Waals surface area contributed by atoms with Crippen molar-refractivity contribution in [3.05, 3.63) is 0 Å². The number of hydrogen-bond donors (Lipinski definition) is 2. The monoisotopic (exact) mass is 93.1 g/mol.